The highest BCUT2D eigenvalue weighted by Crippen LogP contribution is 2.11. The summed E-state index contributed by atoms with van der Waals surface area (Å²) in [7, 11) is 0. The van der Waals surface area contributed by atoms with Crippen LogP contribution in [0.5, 0.6) is 0 Å². The van der Waals surface area contributed by atoms with E-state index in [0.717, 1.165) is 37.6 Å². The number of ether oxygens (including phenoxy) is 1. The van der Waals surface area contributed by atoms with Crippen molar-refractivity contribution in [3.63, 3.8) is 0 Å². The van der Waals surface area contributed by atoms with Gasteiger partial charge in [0.2, 0.25) is 0 Å². The summed E-state index contributed by atoms with van der Waals surface area (Å²) in [5, 5.41) is 10.8. The van der Waals surface area contributed by atoms with Crippen LogP contribution in [0, 0.1) is 12.8 Å². The monoisotopic (exact) mass is 223 g/mol. The molecule has 4 heteroatoms. The quantitative estimate of drug-likeness (QED) is 0.790. The maximum absolute atomic E-state index is 5.35. The predicted octanol–water partition coefficient (Wildman–Crippen LogP) is 1.28. The molecule has 1 fully saturated rings. The molecule has 2 atom stereocenters. The topological polar surface area (TPSA) is 49.9 Å². The highest BCUT2D eigenvalue weighted by atomic mass is 16.5. The molecule has 1 saturated heterocycles. The van der Waals surface area contributed by atoms with E-state index in [1.165, 1.54) is 6.42 Å². The Morgan fingerprint density at radius 2 is 2.56 bits per heavy atom. The van der Waals surface area contributed by atoms with Gasteiger partial charge in [0.1, 0.15) is 0 Å². The van der Waals surface area contributed by atoms with Crippen molar-refractivity contribution in [3.8, 4) is 0 Å². The van der Waals surface area contributed by atoms with Gasteiger partial charge in [0.05, 0.1) is 12.3 Å². The van der Waals surface area contributed by atoms with Crippen LogP contribution in [0.1, 0.15) is 24.7 Å². The van der Waals surface area contributed by atoms with Crippen molar-refractivity contribution in [1.82, 2.24) is 15.5 Å². The van der Waals surface area contributed by atoms with E-state index in [1.54, 1.807) is 0 Å². The Hall–Kier alpha value is -0.870. The first kappa shape index (κ1) is 11.6. The summed E-state index contributed by atoms with van der Waals surface area (Å²) >= 11 is 0. The Morgan fingerprint density at radius 3 is 3.19 bits per heavy atom. The molecule has 1 aliphatic heterocycles. The minimum absolute atomic E-state index is 0.475. The molecule has 90 valence electrons. The van der Waals surface area contributed by atoms with E-state index in [2.05, 4.69) is 28.5 Å². The summed E-state index contributed by atoms with van der Waals surface area (Å²) in [4.78, 5) is 0. The molecule has 0 aliphatic carbocycles. The van der Waals surface area contributed by atoms with Crippen molar-refractivity contribution < 1.29 is 4.74 Å². The largest absolute Gasteiger partial charge is 0.381 e. The van der Waals surface area contributed by atoms with Gasteiger partial charge < -0.3 is 10.1 Å². The van der Waals surface area contributed by atoms with Crippen molar-refractivity contribution in [2.45, 2.75) is 32.7 Å². The standard InChI is InChI=1S/C12H21N3O/c1-9(5-12-6-10(2)14-15-12)13-7-11-3-4-16-8-11/h6,9,11,13H,3-5,7-8H2,1-2H3,(H,14,15). The Bertz CT molecular complexity index is 318. The molecule has 1 aliphatic rings. The zero-order chi connectivity index (χ0) is 11.4. The fourth-order valence-electron chi connectivity index (χ4n) is 2.08. The molecule has 0 saturated carbocycles. The lowest BCUT2D eigenvalue weighted by Gasteiger charge is -2.15. The molecule has 4 nitrogen and oxygen atoms in total. The van der Waals surface area contributed by atoms with Gasteiger partial charge in [-0.25, -0.2) is 0 Å². The number of nitrogens with zero attached hydrogens (tertiary/aromatic N) is 1. The molecule has 1 aromatic rings. The molecule has 0 spiro atoms. The number of hydrogen-bond donors (Lipinski definition) is 2. The summed E-state index contributed by atoms with van der Waals surface area (Å²) in [5.74, 6) is 0.698. The third-order valence-corrected chi connectivity index (χ3v) is 3.05. The first-order valence-electron chi connectivity index (χ1n) is 6.06. The average Bonchev–Trinajstić information content (AvgIpc) is 2.87. The number of aryl methyl sites for hydroxylation is 1. The molecular formula is C12H21N3O. The third kappa shape index (κ3) is 3.32. The summed E-state index contributed by atoms with van der Waals surface area (Å²) < 4.78 is 5.35. The van der Waals surface area contributed by atoms with Gasteiger partial charge in [0, 0.05) is 31.3 Å². The fraction of sp³-hybridized carbons (Fsp3) is 0.750. The Balaban J connectivity index is 1.69. The molecule has 16 heavy (non-hydrogen) atoms. The van der Waals surface area contributed by atoms with Gasteiger partial charge in [0.15, 0.2) is 0 Å². The van der Waals surface area contributed by atoms with Gasteiger partial charge >= 0.3 is 0 Å². The Labute approximate surface area is 96.8 Å². The van der Waals surface area contributed by atoms with Gasteiger partial charge in [-0.1, -0.05) is 0 Å². The summed E-state index contributed by atoms with van der Waals surface area (Å²) in [5.41, 5.74) is 2.27. The summed E-state index contributed by atoms with van der Waals surface area (Å²) in [6, 6.07) is 2.58. The van der Waals surface area contributed by atoms with Crippen molar-refractivity contribution in [2.24, 2.45) is 5.92 Å². The first-order valence-corrected chi connectivity index (χ1v) is 6.06. The maximum atomic E-state index is 5.35. The molecule has 1 aromatic heterocycles. The van der Waals surface area contributed by atoms with Gasteiger partial charge in [-0.15, -0.1) is 0 Å². The zero-order valence-corrected chi connectivity index (χ0v) is 10.1. The molecule has 2 heterocycles. The van der Waals surface area contributed by atoms with Gasteiger partial charge in [-0.05, 0) is 32.3 Å². The van der Waals surface area contributed by atoms with Crippen molar-refractivity contribution in [3.05, 3.63) is 17.5 Å². The van der Waals surface area contributed by atoms with Crippen molar-refractivity contribution >= 4 is 0 Å². The number of hydrogen-bond acceptors (Lipinski definition) is 3. The van der Waals surface area contributed by atoms with E-state index in [-0.39, 0.29) is 0 Å². The van der Waals surface area contributed by atoms with Crippen LogP contribution in [-0.2, 0) is 11.2 Å². The molecule has 0 amide bonds. The molecule has 2 rings (SSSR count). The van der Waals surface area contributed by atoms with Crippen LogP contribution >= 0.6 is 0 Å². The number of nitrogens with one attached hydrogen (secondary N) is 2. The van der Waals surface area contributed by atoms with E-state index in [1.807, 2.05) is 6.92 Å². The first-order chi connectivity index (χ1) is 7.74. The third-order valence-electron chi connectivity index (χ3n) is 3.05. The number of rotatable bonds is 5. The van der Waals surface area contributed by atoms with Crippen molar-refractivity contribution in [2.75, 3.05) is 19.8 Å². The van der Waals surface area contributed by atoms with E-state index in [9.17, 15) is 0 Å². The van der Waals surface area contributed by atoms with E-state index < -0.39 is 0 Å². The lowest BCUT2D eigenvalue weighted by molar-refractivity contribution is 0.184. The summed E-state index contributed by atoms with van der Waals surface area (Å²) in [6.07, 6.45) is 2.18. The zero-order valence-electron chi connectivity index (χ0n) is 10.1. The number of aromatic amines is 1. The minimum Gasteiger partial charge on any atom is -0.381 e. The van der Waals surface area contributed by atoms with Crippen LogP contribution in [0.2, 0.25) is 0 Å². The van der Waals surface area contributed by atoms with Crippen LogP contribution in [0.4, 0.5) is 0 Å². The van der Waals surface area contributed by atoms with Crippen LogP contribution in [0.25, 0.3) is 0 Å². The van der Waals surface area contributed by atoms with Gasteiger partial charge in [-0.3, -0.25) is 5.10 Å². The second-order valence-electron chi connectivity index (χ2n) is 4.79. The molecule has 0 bridgehead atoms. The van der Waals surface area contributed by atoms with E-state index in [4.69, 9.17) is 4.74 Å². The normalized spacial score (nSPS) is 22.5. The minimum atomic E-state index is 0.475. The SMILES string of the molecule is Cc1cc(CC(C)NCC2CCOC2)n[nH]1. The highest BCUT2D eigenvalue weighted by Gasteiger charge is 2.16. The van der Waals surface area contributed by atoms with Crippen LogP contribution in [0.15, 0.2) is 6.07 Å². The van der Waals surface area contributed by atoms with E-state index in [0.29, 0.717) is 12.0 Å². The highest BCUT2D eigenvalue weighted by molar-refractivity contribution is 5.07. The van der Waals surface area contributed by atoms with Gasteiger partial charge in [0.25, 0.3) is 0 Å². The lowest BCUT2D eigenvalue weighted by Crippen LogP contribution is -2.33. The Kier molecular flexibility index (Phi) is 3.96. The van der Waals surface area contributed by atoms with Crippen LogP contribution in [0.3, 0.4) is 0 Å². The second-order valence-corrected chi connectivity index (χ2v) is 4.79. The number of H-pyrrole nitrogens is 1. The Morgan fingerprint density at radius 1 is 1.69 bits per heavy atom. The van der Waals surface area contributed by atoms with Crippen molar-refractivity contribution in [1.29, 1.82) is 0 Å². The van der Waals surface area contributed by atoms with E-state index >= 15 is 0 Å². The summed E-state index contributed by atoms with van der Waals surface area (Å²) in [6.45, 7) is 7.15. The molecule has 0 radical (unpaired) electrons. The molecule has 2 unspecified atom stereocenters. The smallest absolute Gasteiger partial charge is 0.0640 e. The second kappa shape index (κ2) is 5.46. The molecule has 2 N–H and O–H groups in total. The maximum Gasteiger partial charge on any atom is 0.0640 e. The van der Waals surface area contributed by atoms with Crippen LogP contribution < -0.4 is 5.32 Å². The number of aromatic nitrogens is 2. The lowest BCUT2D eigenvalue weighted by atomic mass is 10.1. The predicted molar refractivity (Wildman–Crippen MR) is 63.4 cm³/mol. The van der Waals surface area contributed by atoms with Gasteiger partial charge in [-0.2, -0.15) is 5.10 Å². The average molecular weight is 223 g/mol. The fourth-order valence-corrected chi connectivity index (χ4v) is 2.08. The molecule has 0 aromatic carbocycles. The molecular weight excluding hydrogens is 202 g/mol. The van der Waals surface area contributed by atoms with Crippen LogP contribution in [-0.4, -0.2) is 36.0 Å².